The fourth-order valence-corrected chi connectivity index (χ4v) is 5.16. The van der Waals surface area contributed by atoms with Crippen LogP contribution in [0.4, 0.5) is 5.82 Å². The molecule has 0 bridgehead atoms. The first-order chi connectivity index (χ1) is 17.4. The molecule has 37 heavy (non-hydrogen) atoms. The third-order valence-corrected chi connectivity index (χ3v) is 7.28. The van der Waals surface area contributed by atoms with Gasteiger partial charge in [-0.1, -0.05) is 18.2 Å². The summed E-state index contributed by atoms with van der Waals surface area (Å²) < 4.78 is 37.1. The number of rotatable bonds is 11. The van der Waals surface area contributed by atoms with E-state index in [-0.39, 0.29) is 17.7 Å². The number of carbonyl (C=O) groups excluding carboxylic acids is 1. The van der Waals surface area contributed by atoms with E-state index in [1.54, 1.807) is 51.1 Å². The van der Waals surface area contributed by atoms with Gasteiger partial charge >= 0.3 is 19.4 Å². The number of para-hydroxylation sites is 1. The number of esters is 1. The first-order valence-electron chi connectivity index (χ1n) is 11.5. The molecule has 1 saturated heterocycles. The Hall–Kier alpha value is -3.09. The highest BCUT2D eigenvalue weighted by Crippen LogP contribution is 2.47. The minimum Gasteiger partial charge on any atom is -0.462 e. The molecule has 2 aromatic rings. The zero-order valence-corrected chi connectivity index (χ0v) is 21.9. The lowest BCUT2D eigenvalue weighted by atomic mass is 9.93. The summed E-state index contributed by atoms with van der Waals surface area (Å²) in [5.41, 5.74) is 3.47. The van der Waals surface area contributed by atoms with Gasteiger partial charge in [-0.25, -0.2) is 9.36 Å². The minimum atomic E-state index is -4.22. The molecule has 0 spiro atoms. The Morgan fingerprint density at radius 3 is 2.62 bits per heavy atom. The van der Waals surface area contributed by atoms with Crippen LogP contribution >= 0.6 is 7.75 Å². The third kappa shape index (κ3) is 6.62. The predicted molar refractivity (Wildman–Crippen MR) is 135 cm³/mol. The molecule has 1 unspecified atom stereocenters. The summed E-state index contributed by atoms with van der Waals surface area (Å²) in [6, 6.07) is 8.55. The summed E-state index contributed by atoms with van der Waals surface area (Å²) in [4.78, 5) is 32.4. The molecule has 1 aromatic heterocycles. The van der Waals surface area contributed by atoms with Crippen LogP contribution in [0.25, 0.3) is 0 Å². The highest BCUT2D eigenvalue weighted by Gasteiger charge is 2.54. The van der Waals surface area contributed by atoms with E-state index in [0.717, 1.165) is 4.57 Å². The van der Waals surface area contributed by atoms with Crippen LogP contribution in [-0.2, 0) is 23.4 Å². The van der Waals surface area contributed by atoms with Crippen LogP contribution in [0, 0.1) is 0 Å². The molecule has 0 aliphatic carbocycles. The molecule has 14 heteroatoms. The first kappa shape index (κ1) is 28.5. The lowest BCUT2D eigenvalue weighted by molar-refractivity contribution is -0.149. The number of nitrogen functional groups attached to an aromatic ring is 1. The molecule has 13 nitrogen and oxygen atoms in total. The average molecular weight is 538 g/mol. The smallest absolute Gasteiger partial charge is 0.459 e. The quantitative estimate of drug-likeness (QED) is 0.216. The summed E-state index contributed by atoms with van der Waals surface area (Å²) in [6.07, 6.45) is -2.58. The summed E-state index contributed by atoms with van der Waals surface area (Å²) in [5, 5.41) is 13.6. The van der Waals surface area contributed by atoms with Crippen molar-refractivity contribution in [3.05, 3.63) is 53.1 Å². The summed E-state index contributed by atoms with van der Waals surface area (Å²) in [7, 11) is -4.22. The van der Waals surface area contributed by atoms with Crippen molar-refractivity contribution in [2.24, 2.45) is 4.99 Å². The molecular weight excluding hydrogens is 505 g/mol. The van der Waals surface area contributed by atoms with Crippen molar-refractivity contribution in [2.75, 3.05) is 12.3 Å². The molecule has 1 aromatic carbocycles. The van der Waals surface area contributed by atoms with Gasteiger partial charge in [0.15, 0.2) is 6.23 Å². The van der Waals surface area contributed by atoms with Crippen LogP contribution in [0.1, 0.15) is 33.9 Å². The third-order valence-electron chi connectivity index (χ3n) is 5.63. The number of carbonyl (C=O) groups is 1. The fourth-order valence-electron chi connectivity index (χ4n) is 3.66. The van der Waals surface area contributed by atoms with Crippen molar-refractivity contribution >= 4 is 26.3 Å². The number of ether oxygens (including phenoxy) is 2. The highest BCUT2D eigenvalue weighted by molar-refractivity contribution is 7.52. The Bertz CT molecular complexity index is 1210. The second kappa shape index (κ2) is 11.5. The molecule has 0 radical (unpaired) electrons. The van der Waals surface area contributed by atoms with E-state index in [0.29, 0.717) is 0 Å². The molecule has 1 aliphatic heterocycles. The molecular formula is C23H32N5O8P. The van der Waals surface area contributed by atoms with Gasteiger partial charge in [0, 0.05) is 6.20 Å². The van der Waals surface area contributed by atoms with Gasteiger partial charge in [-0.05, 0) is 52.6 Å². The number of aliphatic hydroxyl groups excluding tert-OH is 1. The van der Waals surface area contributed by atoms with Crippen LogP contribution in [-0.4, -0.2) is 63.8 Å². The number of hydrogen-bond donors (Lipinski definition) is 3. The predicted octanol–water partition coefficient (Wildman–Crippen LogP) is 1.68. The molecule has 2 heterocycles. The van der Waals surface area contributed by atoms with E-state index < -0.39 is 56.0 Å². The second-order valence-corrected chi connectivity index (χ2v) is 10.6. The van der Waals surface area contributed by atoms with Gasteiger partial charge in [-0.3, -0.25) is 18.9 Å². The maximum absolute atomic E-state index is 13.7. The Labute approximate surface area is 214 Å². The number of hydrogen-bond acceptors (Lipinski definition) is 11. The van der Waals surface area contributed by atoms with Crippen LogP contribution in [0.3, 0.4) is 0 Å². The van der Waals surface area contributed by atoms with Crippen LogP contribution in [0.5, 0.6) is 5.75 Å². The summed E-state index contributed by atoms with van der Waals surface area (Å²) in [5.74, 6) is -0.430. The molecule has 3 rings (SSSR count). The van der Waals surface area contributed by atoms with Gasteiger partial charge in [0.05, 0.1) is 12.7 Å². The van der Waals surface area contributed by atoms with Crippen molar-refractivity contribution < 1.29 is 33.0 Å². The van der Waals surface area contributed by atoms with Crippen LogP contribution < -0.4 is 21.0 Å². The van der Waals surface area contributed by atoms with Gasteiger partial charge in [-0.2, -0.15) is 10.1 Å². The van der Waals surface area contributed by atoms with E-state index in [2.05, 4.69) is 21.8 Å². The number of nitrogens with zero attached hydrogens (tertiary/aromatic N) is 3. The number of anilines is 1. The Balaban J connectivity index is 1.83. The van der Waals surface area contributed by atoms with Crippen molar-refractivity contribution in [1.29, 1.82) is 0 Å². The van der Waals surface area contributed by atoms with E-state index in [9.17, 15) is 19.3 Å². The minimum absolute atomic E-state index is 0.0168. The van der Waals surface area contributed by atoms with Crippen molar-refractivity contribution in [1.82, 2.24) is 14.6 Å². The standard InChI is InChI=1S/C23H32N5O8P/c1-14(2)34-20(30)15(3)27-37(32,36-16-9-7-6-8-10-16)33-13-17-19(29)23(4,25-5)21(35-17)28-12-11-18(24)26-22(28)31/h6-12,14-15,17,19,21,29H,5,13H2,1-4H3,(H,27,32)(H2,24,26,31)/t15-,17+,19+,21+,23+,37?/m0/s1. The second-order valence-electron chi connectivity index (χ2n) is 8.93. The molecule has 202 valence electrons. The van der Waals surface area contributed by atoms with Gasteiger partial charge in [0.2, 0.25) is 0 Å². The van der Waals surface area contributed by atoms with Gasteiger partial charge in [-0.15, -0.1) is 0 Å². The highest BCUT2D eigenvalue weighted by atomic mass is 31.2. The summed E-state index contributed by atoms with van der Waals surface area (Å²) in [6.45, 7) is 9.44. The first-order valence-corrected chi connectivity index (χ1v) is 13.1. The van der Waals surface area contributed by atoms with E-state index in [1.807, 2.05) is 0 Å². The average Bonchev–Trinajstić information content (AvgIpc) is 3.08. The monoisotopic (exact) mass is 537 g/mol. The maximum Gasteiger partial charge on any atom is 0.459 e. The molecule has 1 aliphatic rings. The van der Waals surface area contributed by atoms with Crippen molar-refractivity contribution in [2.45, 2.75) is 63.8 Å². The number of benzene rings is 1. The number of nitrogens with two attached hydrogens (primary N) is 1. The topological polar surface area (TPSA) is 177 Å². The van der Waals surface area contributed by atoms with Gasteiger partial charge in [0.1, 0.15) is 35.4 Å². The maximum atomic E-state index is 13.7. The van der Waals surface area contributed by atoms with Gasteiger partial charge in [0.25, 0.3) is 0 Å². The molecule has 4 N–H and O–H groups in total. The normalized spacial score (nSPS) is 25.8. The van der Waals surface area contributed by atoms with Gasteiger partial charge < -0.3 is 24.8 Å². The van der Waals surface area contributed by atoms with E-state index in [1.165, 1.54) is 19.2 Å². The fraction of sp³-hybridized carbons (Fsp3) is 0.478. The Kier molecular flexibility index (Phi) is 8.88. The van der Waals surface area contributed by atoms with E-state index >= 15 is 0 Å². The Morgan fingerprint density at radius 2 is 2.03 bits per heavy atom. The number of nitrogens with one attached hydrogen (secondary N) is 1. The van der Waals surface area contributed by atoms with E-state index in [4.69, 9.17) is 24.3 Å². The number of aliphatic imine (C=N–C) groups is 1. The largest absolute Gasteiger partial charge is 0.462 e. The summed E-state index contributed by atoms with van der Waals surface area (Å²) >= 11 is 0. The molecule has 0 saturated carbocycles. The van der Waals surface area contributed by atoms with Crippen LogP contribution in [0.2, 0.25) is 0 Å². The lowest BCUT2D eigenvalue weighted by Crippen LogP contribution is -2.45. The zero-order valence-electron chi connectivity index (χ0n) is 21.0. The molecule has 1 fully saturated rings. The lowest BCUT2D eigenvalue weighted by Gasteiger charge is -2.28. The van der Waals surface area contributed by atoms with Crippen molar-refractivity contribution in [3.8, 4) is 5.75 Å². The number of aromatic nitrogens is 2. The SMILES string of the molecule is C=N[C@]1(C)[C@H](O)[C@@H](COP(=O)(N[C@@H](C)C(=O)OC(C)C)Oc2ccccc2)O[C@H]1n1ccc(N)nc1=O. The Morgan fingerprint density at radius 1 is 1.35 bits per heavy atom. The zero-order chi connectivity index (χ0) is 27.4. The molecule has 0 amide bonds. The van der Waals surface area contributed by atoms with Crippen LogP contribution in [0.15, 0.2) is 52.4 Å². The van der Waals surface area contributed by atoms with Crippen molar-refractivity contribution in [3.63, 3.8) is 0 Å². The molecule has 6 atom stereocenters. The number of aliphatic hydroxyl groups is 1.